The fraction of sp³-hybridized carbons (Fsp3) is 0.400. The van der Waals surface area contributed by atoms with Crippen LogP contribution in [0.1, 0.15) is 6.42 Å². The van der Waals surface area contributed by atoms with Crippen LogP contribution in [0.2, 0.25) is 0 Å². The molecule has 1 nitrogen and oxygen atoms in total. The minimum absolute atomic E-state index is 0.888. The van der Waals surface area contributed by atoms with Gasteiger partial charge in [0.2, 0.25) is 0 Å². The first-order valence-electron chi connectivity index (χ1n) is 2.22. The van der Waals surface area contributed by atoms with Crippen molar-refractivity contribution in [3.63, 3.8) is 0 Å². The predicted octanol–water partition coefficient (Wildman–Crippen LogP) is 0.863. The van der Waals surface area contributed by atoms with Crippen LogP contribution in [0, 0.1) is 0 Å². The van der Waals surface area contributed by atoms with Crippen LogP contribution in [0.25, 0.3) is 0 Å². The minimum atomic E-state index is 0.888. The molecule has 1 saturated heterocycles. The van der Waals surface area contributed by atoms with E-state index in [4.69, 9.17) is 12.2 Å². The first-order chi connectivity index (χ1) is 3.29. The fourth-order valence-corrected chi connectivity index (χ4v) is 0.852. The Morgan fingerprint density at radius 3 is 2.57 bits per heavy atom. The summed E-state index contributed by atoms with van der Waals surface area (Å²) in [6, 6.07) is 0. The van der Waals surface area contributed by atoms with Gasteiger partial charge in [-0.3, -0.25) is 0 Å². The second-order valence-corrected chi connectivity index (χ2v) is 2.20. The van der Waals surface area contributed by atoms with E-state index in [1.165, 1.54) is 5.57 Å². The van der Waals surface area contributed by atoms with Gasteiger partial charge >= 0.3 is 0 Å². The molecule has 7 heavy (non-hydrogen) atoms. The lowest BCUT2D eigenvalue weighted by Crippen LogP contribution is -2.10. The number of nitrogens with one attached hydrogen (secondary N) is 1. The third-order valence-corrected chi connectivity index (χ3v) is 1.23. The van der Waals surface area contributed by atoms with Crippen LogP contribution in [0.4, 0.5) is 0 Å². The average Bonchev–Trinajstić information content (AvgIpc) is 1.87. The zero-order valence-electron chi connectivity index (χ0n) is 4.03. The summed E-state index contributed by atoms with van der Waals surface area (Å²) < 4.78 is 0. The summed E-state index contributed by atoms with van der Waals surface area (Å²) in [5.41, 5.74) is 1.20. The maximum absolute atomic E-state index is 4.82. The molecule has 0 aromatic carbocycles. The summed E-state index contributed by atoms with van der Waals surface area (Å²) >= 11 is 4.82. The standard InChI is InChI=1S/C5H7NS/c1-4-2-5(7)6-3-4/h1-3H2,(H,6,7). The summed E-state index contributed by atoms with van der Waals surface area (Å²) in [5.74, 6) is 0. The highest BCUT2D eigenvalue weighted by molar-refractivity contribution is 7.80. The Balaban J connectivity index is 2.55. The van der Waals surface area contributed by atoms with Gasteiger partial charge in [-0.2, -0.15) is 0 Å². The lowest BCUT2D eigenvalue weighted by molar-refractivity contribution is 1.08. The monoisotopic (exact) mass is 113 g/mol. The maximum Gasteiger partial charge on any atom is 0.0797 e. The van der Waals surface area contributed by atoms with Crippen molar-refractivity contribution in [3.8, 4) is 0 Å². The molecule has 1 N–H and O–H groups in total. The molecule has 0 atom stereocenters. The van der Waals surface area contributed by atoms with Gasteiger partial charge in [0.1, 0.15) is 0 Å². The quantitative estimate of drug-likeness (QED) is 0.369. The number of hydrogen-bond donors (Lipinski definition) is 1. The number of rotatable bonds is 0. The van der Waals surface area contributed by atoms with E-state index >= 15 is 0 Å². The zero-order valence-corrected chi connectivity index (χ0v) is 4.85. The van der Waals surface area contributed by atoms with Gasteiger partial charge in [-0.05, 0) is 0 Å². The van der Waals surface area contributed by atoms with Crippen molar-refractivity contribution < 1.29 is 0 Å². The van der Waals surface area contributed by atoms with Crippen molar-refractivity contribution in [2.45, 2.75) is 6.42 Å². The van der Waals surface area contributed by atoms with Gasteiger partial charge in [0.25, 0.3) is 0 Å². The molecule has 0 radical (unpaired) electrons. The van der Waals surface area contributed by atoms with Crippen LogP contribution in [-0.2, 0) is 0 Å². The molecule has 1 fully saturated rings. The molecule has 1 aliphatic rings. The molecule has 0 amide bonds. The highest BCUT2D eigenvalue weighted by Gasteiger charge is 2.06. The Hall–Kier alpha value is -0.370. The topological polar surface area (TPSA) is 12.0 Å². The first kappa shape index (κ1) is 4.78. The molecule has 1 rings (SSSR count). The molecule has 0 unspecified atom stereocenters. The van der Waals surface area contributed by atoms with Crippen molar-refractivity contribution in [2.75, 3.05) is 6.54 Å². The van der Waals surface area contributed by atoms with Crippen molar-refractivity contribution in [2.24, 2.45) is 0 Å². The molecule has 1 aliphatic heterocycles. The van der Waals surface area contributed by atoms with Crippen LogP contribution >= 0.6 is 12.2 Å². The smallest absolute Gasteiger partial charge is 0.0797 e. The fourth-order valence-electron chi connectivity index (χ4n) is 0.576. The molecule has 0 saturated carbocycles. The highest BCUT2D eigenvalue weighted by Crippen LogP contribution is 2.03. The molecule has 38 valence electrons. The van der Waals surface area contributed by atoms with Crippen LogP contribution in [-0.4, -0.2) is 11.5 Å². The van der Waals surface area contributed by atoms with Gasteiger partial charge in [-0.15, -0.1) is 0 Å². The molecule has 0 aromatic heterocycles. The van der Waals surface area contributed by atoms with E-state index in [0.717, 1.165) is 18.0 Å². The van der Waals surface area contributed by atoms with Crippen LogP contribution in [0.3, 0.4) is 0 Å². The van der Waals surface area contributed by atoms with Crippen LogP contribution < -0.4 is 5.32 Å². The summed E-state index contributed by atoms with van der Waals surface area (Å²) in [6.07, 6.45) is 0.898. The third-order valence-electron chi connectivity index (χ3n) is 0.946. The van der Waals surface area contributed by atoms with E-state index in [0.29, 0.717) is 0 Å². The molecule has 0 spiro atoms. The molecular formula is C5H7NS. The van der Waals surface area contributed by atoms with Crippen molar-refractivity contribution >= 4 is 17.2 Å². The second-order valence-electron chi connectivity index (χ2n) is 1.70. The third kappa shape index (κ3) is 0.996. The number of thiocarbonyl (C=S) groups is 1. The summed E-state index contributed by atoms with van der Waals surface area (Å²) in [6.45, 7) is 4.64. The summed E-state index contributed by atoms with van der Waals surface area (Å²) in [5, 5.41) is 3.00. The molecular weight excluding hydrogens is 106 g/mol. The van der Waals surface area contributed by atoms with Crippen LogP contribution in [0.15, 0.2) is 12.2 Å². The van der Waals surface area contributed by atoms with E-state index in [2.05, 4.69) is 11.9 Å². The molecule has 1 heterocycles. The summed E-state index contributed by atoms with van der Waals surface area (Å²) in [4.78, 5) is 0.935. The van der Waals surface area contributed by atoms with Crippen molar-refractivity contribution in [1.82, 2.24) is 5.32 Å². The lowest BCUT2D eigenvalue weighted by Gasteiger charge is -1.83. The molecule has 0 bridgehead atoms. The van der Waals surface area contributed by atoms with Crippen LogP contribution in [0.5, 0.6) is 0 Å². The Labute approximate surface area is 48.4 Å². The predicted molar refractivity (Wildman–Crippen MR) is 34.4 cm³/mol. The average molecular weight is 113 g/mol. The lowest BCUT2D eigenvalue weighted by atomic mass is 10.3. The molecule has 0 aromatic rings. The van der Waals surface area contributed by atoms with Gasteiger partial charge in [0.15, 0.2) is 0 Å². The summed E-state index contributed by atoms with van der Waals surface area (Å²) in [7, 11) is 0. The van der Waals surface area contributed by atoms with Gasteiger partial charge in [-0.1, -0.05) is 24.4 Å². The van der Waals surface area contributed by atoms with Gasteiger partial charge < -0.3 is 5.32 Å². The normalized spacial score (nSPS) is 20.0. The Kier molecular flexibility index (Phi) is 1.11. The molecule has 2 heteroatoms. The first-order valence-corrected chi connectivity index (χ1v) is 2.63. The van der Waals surface area contributed by atoms with Crippen molar-refractivity contribution in [3.05, 3.63) is 12.2 Å². The maximum atomic E-state index is 4.82. The van der Waals surface area contributed by atoms with E-state index in [-0.39, 0.29) is 0 Å². The number of hydrogen-bond acceptors (Lipinski definition) is 1. The second kappa shape index (κ2) is 1.62. The van der Waals surface area contributed by atoms with Crippen molar-refractivity contribution in [1.29, 1.82) is 0 Å². The zero-order chi connectivity index (χ0) is 5.28. The van der Waals surface area contributed by atoms with E-state index in [9.17, 15) is 0 Å². The Morgan fingerprint density at radius 1 is 1.71 bits per heavy atom. The highest BCUT2D eigenvalue weighted by atomic mass is 32.1. The van der Waals surface area contributed by atoms with Gasteiger partial charge in [-0.25, -0.2) is 0 Å². The van der Waals surface area contributed by atoms with E-state index < -0.39 is 0 Å². The van der Waals surface area contributed by atoms with E-state index in [1.54, 1.807) is 0 Å². The van der Waals surface area contributed by atoms with Gasteiger partial charge in [0.05, 0.1) is 4.99 Å². The SMILES string of the molecule is C=C1CNC(=S)C1. The minimum Gasteiger partial charge on any atom is -0.376 e. The Bertz CT molecular complexity index is 103. The van der Waals surface area contributed by atoms with Gasteiger partial charge in [0, 0.05) is 13.0 Å². The van der Waals surface area contributed by atoms with E-state index in [1.807, 2.05) is 0 Å². The molecule has 0 aliphatic carbocycles. The largest absolute Gasteiger partial charge is 0.376 e. The Morgan fingerprint density at radius 2 is 2.43 bits per heavy atom.